The third-order valence-corrected chi connectivity index (χ3v) is 4.07. The van der Waals surface area contributed by atoms with Crippen molar-refractivity contribution >= 4 is 11.6 Å². The van der Waals surface area contributed by atoms with Crippen LogP contribution in [0.15, 0.2) is 12.1 Å². The van der Waals surface area contributed by atoms with Gasteiger partial charge in [-0.2, -0.15) is 0 Å². The molecule has 1 rings (SSSR count). The van der Waals surface area contributed by atoms with Crippen LogP contribution in [0.5, 0.6) is 5.75 Å². The van der Waals surface area contributed by atoms with E-state index in [1.54, 1.807) is 7.11 Å². The molecule has 0 saturated heterocycles. The molecule has 0 heterocycles. The molecule has 0 bridgehead atoms. The lowest BCUT2D eigenvalue weighted by Gasteiger charge is -2.23. The molecule has 20 heavy (non-hydrogen) atoms. The van der Waals surface area contributed by atoms with E-state index in [0.29, 0.717) is 17.9 Å². The third kappa shape index (κ3) is 4.37. The Bertz CT molecular complexity index is 434. The Balaban J connectivity index is 2.86. The molecule has 3 unspecified atom stereocenters. The van der Waals surface area contributed by atoms with Crippen LogP contribution in [-0.4, -0.2) is 29.5 Å². The van der Waals surface area contributed by atoms with Gasteiger partial charge in [0.15, 0.2) is 0 Å². The average Bonchev–Trinajstić information content (AvgIpc) is 2.41. The first-order valence-corrected chi connectivity index (χ1v) is 7.48. The normalized spacial score (nSPS) is 15.8. The van der Waals surface area contributed by atoms with E-state index in [1.807, 2.05) is 32.9 Å². The van der Waals surface area contributed by atoms with E-state index in [9.17, 15) is 10.2 Å². The molecule has 0 amide bonds. The highest BCUT2D eigenvalue weighted by Crippen LogP contribution is 2.34. The standard InChI is InChI=1S/C16H25ClO3/c1-5-6-14(18)15(19)7-10(2)12-9-13(17)11(3)8-16(12)20-4/h8-10,14-15,18-19H,5-7H2,1-4H3. The molecular weight excluding hydrogens is 276 g/mol. The average molecular weight is 301 g/mol. The number of benzene rings is 1. The zero-order valence-corrected chi connectivity index (χ0v) is 13.4. The van der Waals surface area contributed by atoms with Crippen LogP contribution in [0.3, 0.4) is 0 Å². The Hall–Kier alpha value is -0.770. The van der Waals surface area contributed by atoms with Crippen molar-refractivity contribution in [2.24, 2.45) is 0 Å². The number of aryl methyl sites for hydroxylation is 1. The Morgan fingerprint density at radius 1 is 1.25 bits per heavy atom. The molecule has 0 aromatic heterocycles. The first-order chi connectivity index (χ1) is 9.40. The molecule has 0 aliphatic heterocycles. The van der Waals surface area contributed by atoms with Gasteiger partial charge in [0.2, 0.25) is 0 Å². The van der Waals surface area contributed by atoms with Gasteiger partial charge < -0.3 is 14.9 Å². The lowest BCUT2D eigenvalue weighted by atomic mass is 9.91. The van der Waals surface area contributed by atoms with Crippen LogP contribution >= 0.6 is 11.6 Å². The molecule has 0 radical (unpaired) electrons. The molecule has 2 N–H and O–H groups in total. The molecular formula is C16H25ClO3. The number of methoxy groups -OCH3 is 1. The quantitative estimate of drug-likeness (QED) is 0.808. The van der Waals surface area contributed by atoms with Crippen LogP contribution in [0.25, 0.3) is 0 Å². The third-order valence-electron chi connectivity index (χ3n) is 3.67. The van der Waals surface area contributed by atoms with E-state index in [4.69, 9.17) is 16.3 Å². The molecule has 0 aliphatic carbocycles. The second-order valence-electron chi connectivity index (χ2n) is 5.40. The minimum Gasteiger partial charge on any atom is -0.496 e. The van der Waals surface area contributed by atoms with Crippen LogP contribution in [0, 0.1) is 6.92 Å². The SMILES string of the molecule is CCCC(O)C(O)CC(C)c1cc(Cl)c(C)cc1OC. The van der Waals surface area contributed by atoms with E-state index in [2.05, 4.69) is 0 Å². The number of hydrogen-bond donors (Lipinski definition) is 2. The van der Waals surface area contributed by atoms with Crippen molar-refractivity contribution in [1.29, 1.82) is 0 Å². The Kier molecular flexibility index (Phi) is 6.80. The van der Waals surface area contributed by atoms with Crippen molar-refractivity contribution in [2.45, 2.75) is 58.2 Å². The van der Waals surface area contributed by atoms with Gasteiger partial charge in [0.05, 0.1) is 19.3 Å². The predicted molar refractivity (Wildman–Crippen MR) is 82.7 cm³/mol. The van der Waals surface area contributed by atoms with Gasteiger partial charge in [-0.05, 0) is 48.9 Å². The maximum atomic E-state index is 10.0. The summed E-state index contributed by atoms with van der Waals surface area (Å²) in [6.07, 6.45) is 0.548. The van der Waals surface area contributed by atoms with Crippen molar-refractivity contribution in [3.8, 4) is 5.75 Å². The Morgan fingerprint density at radius 3 is 2.45 bits per heavy atom. The first-order valence-electron chi connectivity index (χ1n) is 7.10. The van der Waals surface area contributed by atoms with Crippen LogP contribution in [0.4, 0.5) is 0 Å². The summed E-state index contributed by atoms with van der Waals surface area (Å²) < 4.78 is 5.39. The van der Waals surface area contributed by atoms with Crippen LogP contribution < -0.4 is 4.74 Å². The molecule has 1 aromatic carbocycles. The number of rotatable bonds is 7. The molecule has 114 valence electrons. The van der Waals surface area contributed by atoms with Gasteiger partial charge in [-0.15, -0.1) is 0 Å². The molecule has 1 aromatic rings. The van der Waals surface area contributed by atoms with Gasteiger partial charge in [-0.25, -0.2) is 0 Å². The van der Waals surface area contributed by atoms with Gasteiger partial charge in [0, 0.05) is 5.02 Å². The van der Waals surface area contributed by atoms with Crippen molar-refractivity contribution in [3.05, 3.63) is 28.3 Å². The van der Waals surface area contributed by atoms with Gasteiger partial charge in [-0.3, -0.25) is 0 Å². The fourth-order valence-electron chi connectivity index (χ4n) is 2.37. The lowest BCUT2D eigenvalue weighted by molar-refractivity contribution is 0.00628. The predicted octanol–water partition coefficient (Wildman–Crippen LogP) is 3.67. The number of hydrogen-bond acceptors (Lipinski definition) is 3. The minimum atomic E-state index is -0.727. The maximum absolute atomic E-state index is 10.0. The van der Waals surface area contributed by atoms with Gasteiger partial charge in [0.25, 0.3) is 0 Å². The summed E-state index contributed by atoms with van der Waals surface area (Å²) in [4.78, 5) is 0. The monoisotopic (exact) mass is 300 g/mol. The van der Waals surface area contributed by atoms with E-state index in [0.717, 1.165) is 23.3 Å². The van der Waals surface area contributed by atoms with Crippen molar-refractivity contribution in [1.82, 2.24) is 0 Å². The second-order valence-corrected chi connectivity index (χ2v) is 5.81. The zero-order valence-electron chi connectivity index (χ0n) is 12.7. The molecule has 0 aliphatic rings. The summed E-state index contributed by atoms with van der Waals surface area (Å²) in [5.41, 5.74) is 1.93. The fourth-order valence-corrected chi connectivity index (χ4v) is 2.54. The van der Waals surface area contributed by atoms with Gasteiger partial charge in [0.1, 0.15) is 5.75 Å². The van der Waals surface area contributed by atoms with Crippen molar-refractivity contribution in [2.75, 3.05) is 7.11 Å². The van der Waals surface area contributed by atoms with Crippen LogP contribution in [0.2, 0.25) is 5.02 Å². The Labute approximate surface area is 126 Å². The number of halogens is 1. The summed E-state index contributed by atoms with van der Waals surface area (Å²) in [7, 11) is 1.63. The first kappa shape index (κ1) is 17.3. The molecule has 0 fully saturated rings. The molecule has 3 nitrogen and oxygen atoms in total. The summed E-state index contributed by atoms with van der Waals surface area (Å²) >= 11 is 6.17. The van der Waals surface area contributed by atoms with Crippen molar-refractivity contribution in [3.63, 3.8) is 0 Å². The summed E-state index contributed by atoms with van der Waals surface area (Å²) in [6, 6.07) is 3.79. The van der Waals surface area contributed by atoms with E-state index in [1.165, 1.54) is 0 Å². The van der Waals surface area contributed by atoms with Crippen LogP contribution in [0.1, 0.15) is 50.2 Å². The van der Waals surface area contributed by atoms with E-state index < -0.39 is 12.2 Å². The second kappa shape index (κ2) is 7.87. The minimum absolute atomic E-state index is 0.0598. The summed E-state index contributed by atoms with van der Waals surface area (Å²) in [5, 5.41) is 20.6. The van der Waals surface area contributed by atoms with Crippen LogP contribution in [-0.2, 0) is 0 Å². The maximum Gasteiger partial charge on any atom is 0.122 e. The number of ether oxygens (including phenoxy) is 1. The smallest absolute Gasteiger partial charge is 0.122 e. The van der Waals surface area contributed by atoms with Gasteiger partial charge in [-0.1, -0.05) is 31.9 Å². The topological polar surface area (TPSA) is 49.7 Å². The molecule has 0 saturated carbocycles. The Morgan fingerprint density at radius 2 is 1.90 bits per heavy atom. The largest absolute Gasteiger partial charge is 0.496 e. The number of aliphatic hydroxyl groups is 2. The molecule has 3 atom stereocenters. The van der Waals surface area contributed by atoms with E-state index >= 15 is 0 Å². The zero-order chi connectivity index (χ0) is 15.3. The fraction of sp³-hybridized carbons (Fsp3) is 0.625. The molecule has 4 heteroatoms. The van der Waals surface area contributed by atoms with Gasteiger partial charge >= 0.3 is 0 Å². The number of aliphatic hydroxyl groups excluding tert-OH is 2. The van der Waals surface area contributed by atoms with Crippen molar-refractivity contribution < 1.29 is 14.9 Å². The lowest BCUT2D eigenvalue weighted by Crippen LogP contribution is -2.27. The highest BCUT2D eigenvalue weighted by Gasteiger charge is 2.21. The highest BCUT2D eigenvalue weighted by molar-refractivity contribution is 6.31. The summed E-state index contributed by atoms with van der Waals surface area (Å²) in [5.74, 6) is 0.834. The molecule has 0 spiro atoms. The van der Waals surface area contributed by atoms with E-state index in [-0.39, 0.29) is 5.92 Å². The summed E-state index contributed by atoms with van der Waals surface area (Å²) in [6.45, 7) is 5.92. The highest BCUT2D eigenvalue weighted by atomic mass is 35.5.